The summed E-state index contributed by atoms with van der Waals surface area (Å²) in [5.74, 6) is 0. The molecule has 0 aromatic carbocycles. The van der Waals surface area contributed by atoms with Crippen LogP contribution in [0.2, 0.25) is 12.8 Å². The second kappa shape index (κ2) is 4.66. The Bertz CT molecular complexity index is 46.3. The Labute approximate surface area is 60.4 Å². The zero-order chi connectivity index (χ0) is 6.57. The summed E-state index contributed by atoms with van der Waals surface area (Å²) in [6, 6.07) is 0. The van der Waals surface area contributed by atoms with Crippen LogP contribution >= 0.6 is 0 Å². The molecule has 0 aliphatic rings. The molecule has 0 atom stereocenters. The first-order valence-electron chi connectivity index (χ1n) is 3.56. The molecule has 0 bridgehead atoms. The second-order valence-electron chi connectivity index (χ2n) is 2.52. The molecule has 49 valence electrons. The first kappa shape index (κ1) is 8.80. The minimum atomic E-state index is -0.773. The fourth-order valence-electron chi connectivity index (χ4n) is 1.07. The van der Waals surface area contributed by atoms with Gasteiger partial charge in [-0.15, -0.1) is 0 Å². The fourth-order valence-corrected chi connectivity index (χ4v) is 7.15. The van der Waals surface area contributed by atoms with E-state index >= 15 is 0 Å². The Morgan fingerprint density at radius 3 is 1.50 bits per heavy atom. The van der Waals surface area contributed by atoms with E-state index in [0.29, 0.717) is 0 Å². The molecular formula is C7H17Sn. The summed E-state index contributed by atoms with van der Waals surface area (Å²) in [6.07, 6.45) is 0. The van der Waals surface area contributed by atoms with E-state index in [1.165, 1.54) is 8.87 Å². The van der Waals surface area contributed by atoms with Crippen LogP contribution in [0.3, 0.4) is 0 Å². The molecule has 0 aliphatic carbocycles. The first-order chi connectivity index (χ1) is 3.72. The molecular weight excluding hydrogens is 203 g/mol. The van der Waals surface area contributed by atoms with Crippen LogP contribution < -0.4 is 0 Å². The van der Waals surface area contributed by atoms with Crippen LogP contribution in [0, 0.1) is 0 Å². The monoisotopic (exact) mass is 221 g/mol. The Morgan fingerprint density at radius 1 is 1.12 bits per heavy atom. The van der Waals surface area contributed by atoms with Gasteiger partial charge < -0.3 is 0 Å². The van der Waals surface area contributed by atoms with Gasteiger partial charge in [-0.05, 0) is 0 Å². The van der Waals surface area contributed by atoms with Crippen LogP contribution in [-0.2, 0) is 0 Å². The topological polar surface area (TPSA) is 0 Å². The van der Waals surface area contributed by atoms with Crippen molar-refractivity contribution in [1.82, 2.24) is 0 Å². The van der Waals surface area contributed by atoms with Gasteiger partial charge in [-0.3, -0.25) is 0 Å². The molecule has 0 heterocycles. The molecule has 1 radical (unpaired) electrons. The molecule has 0 spiro atoms. The van der Waals surface area contributed by atoms with E-state index in [9.17, 15) is 0 Å². The van der Waals surface area contributed by atoms with Crippen molar-refractivity contribution in [1.29, 1.82) is 0 Å². The summed E-state index contributed by atoms with van der Waals surface area (Å²) in [4.78, 5) is 0. The zero-order valence-corrected chi connectivity index (χ0v) is 9.35. The van der Waals surface area contributed by atoms with Crippen LogP contribution in [0.1, 0.15) is 27.7 Å². The molecule has 8 heavy (non-hydrogen) atoms. The third kappa shape index (κ3) is 2.95. The van der Waals surface area contributed by atoms with Gasteiger partial charge in [-0.1, -0.05) is 0 Å². The maximum atomic E-state index is 2.39. The normalized spacial score (nSPS) is 11.2. The van der Waals surface area contributed by atoms with Gasteiger partial charge in [0.1, 0.15) is 0 Å². The second-order valence-corrected chi connectivity index (χ2v) is 13.6. The van der Waals surface area contributed by atoms with Crippen molar-refractivity contribution in [3.63, 3.8) is 0 Å². The maximum absolute atomic E-state index is 2.39. The molecule has 0 rings (SSSR count). The van der Waals surface area contributed by atoms with Crippen LogP contribution in [0.4, 0.5) is 0 Å². The van der Waals surface area contributed by atoms with Crippen molar-refractivity contribution >= 4 is 19.8 Å². The van der Waals surface area contributed by atoms with Crippen molar-refractivity contribution in [3.05, 3.63) is 0 Å². The van der Waals surface area contributed by atoms with Gasteiger partial charge in [0.15, 0.2) is 0 Å². The molecule has 0 aliphatic heterocycles. The first-order valence-corrected chi connectivity index (χ1v) is 9.25. The van der Waals surface area contributed by atoms with E-state index in [1.807, 2.05) is 0 Å². The molecule has 0 amide bonds. The van der Waals surface area contributed by atoms with Gasteiger partial charge in [0.05, 0.1) is 0 Å². The standard InChI is InChI=1S/C3H7.2C2H5.Sn/c1-3-2;2*1-2;/h3H,1-2H3;2*1H2,2H3;. The summed E-state index contributed by atoms with van der Waals surface area (Å²) in [5.41, 5.74) is 0. The predicted molar refractivity (Wildman–Crippen MR) is 41.8 cm³/mol. The molecule has 0 saturated carbocycles. The van der Waals surface area contributed by atoms with Crippen molar-refractivity contribution < 1.29 is 0 Å². The molecule has 0 saturated heterocycles. The van der Waals surface area contributed by atoms with Gasteiger partial charge in [0.2, 0.25) is 0 Å². The summed E-state index contributed by atoms with van der Waals surface area (Å²) < 4.78 is 4.15. The molecule has 0 nitrogen and oxygen atoms in total. The molecule has 0 N–H and O–H groups in total. The zero-order valence-electron chi connectivity index (χ0n) is 6.49. The molecule has 0 unspecified atom stereocenters. The van der Waals surface area contributed by atoms with Crippen LogP contribution in [-0.4, -0.2) is 19.8 Å². The summed E-state index contributed by atoms with van der Waals surface area (Å²) in [7, 11) is 0. The summed E-state index contributed by atoms with van der Waals surface area (Å²) >= 11 is -0.773. The minimum absolute atomic E-state index is 0.773. The predicted octanol–water partition coefficient (Wildman–Crippen LogP) is 2.93. The Hall–Kier alpha value is 0.799. The van der Waals surface area contributed by atoms with Crippen LogP contribution in [0.25, 0.3) is 0 Å². The number of hydrogen-bond acceptors (Lipinski definition) is 0. The number of hydrogen-bond donors (Lipinski definition) is 0. The fraction of sp³-hybridized carbons (Fsp3) is 1.00. The van der Waals surface area contributed by atoms with Gasteiger partial charge >= 0.3 is 60.3 Å². The van der Waals surface area contributed by atoms with E-state index in [4.69, 9.17) is 0 Å². The van der Waals surface area contributed by atoms with Gasteiger partial charge in [-0.2, -0.15) is 0 Å². The molecule has 0 aromatic rings. The molecule has 0 fully saturated rings. The third-order valence-corrected chi connectivity index (χ3v) is 11.6. The van der Waals surface area contributed by atoms with Gasteiger partial charge in [-0.25, -0.2) is 0 Å². The van der Waals surface area contributed by atoms with Crippen molar-refractivity contribution in [3.8, 4) is 0 Å². The summed E-state index contributed by atoms with van der Waals surface area (Å²) in [5, 5.41) is 0. The Kier molecular flexibility index (Phi) is 5.12. The molecule has 0 aromatic heterocycles. The van der Waals surface area contributed by atoms with Crippen LogP contribution in [0.15, 0.2) is 0 Å². The van der Waals surface area contributed by atoms with Crippen molar-refractivity contribution in [2.24, 2.45) is 0 Å². The van der Waals surface area contributed by atoms with Crippen LogP contribution in [0.5, 0.6) is 0 Å². The van der Waals surface area contributed by atoms with E-state index in [0.717, 1.165) is 3.93 Å². The average molecular weight is 220 g/mol. The molecule has 1 heteroatoms. The Balaban J connectivity index is 3.35. The third-order valence-electron chi connectivity index (χ3n) is 1.72. The van der Waals surface area contributed by atoms with Gasteiger partial charge in [0, 0.05) is 0 Å². The van der Waals surface area contributed by atoms with Gasteiger partial charge in [0.25, 0.3) is 0 Å². The SMILES string of the molecule is C[CH2][Sn]([CH2]C)[CH](C)C. The Morgan fingerprint density at radius 2 is 1.50 bits per heavy atom. The summed E-state index contributed by atoms with van der Waals surface area (Å²) in [6.45, 7) is 9.50. The number of rotatable bonds is 3. The van der Waals surface area contributed by atoms with E-state index in [1.54, 1.807) is 0 Å². The average Bonchev–Trinajstić information content (AvgIpc) is 1.69. The quantitative estimate of drug-likeness (QED) is 0.641. The van der Waals surface area contributed by atoms with Crippen molar-refractivity contribution in [2.45, 2.75) is 40.5 Å². The van der Waals surface area contributed by atoms with E-state index in [-0.39, 0.29) is 0 Å². The van der Waals surface area contributed by atoms with E-state index < -0.39 is 19.8 Å². The van der Waals surface area contributed by atoms with E-state index in [2.05, 4.69) is 27.7 Å². The van der Waals surface area contributed by atoms with Crippen molar-refractivity contribution in [2.75, 3.05) is 0 Å².